The Morgan fingerprint density at radius 3 is 2.52 bits per heavy atom. The molecule has 3 rings (SSSR count). The highest BCUT2D eigenvalue weighted by Gasteiger charge is 2.33. The van der Waals surface area contributed by atoms with Crippen molar-refractivity contribution >= 4 is 17.0 Å². The predicted molar refractivity (Wildman–Crippen MR) is 103 cm³/mol. The number of amides is 1. The fourth-order valence-electron chi connectivity index (χ4n) is 3.26. The van der Waals surface area contributed by atoms with Gasteiger partial charge in [-0.05, 0) is 29.7 Å². The van der Waals surface area contributed by atoms with Crippen LogP contribution in [-0.2, 0) is 20.1 Å². The molecule has 3 aromatic rings. The molecule has 0 fully saturated rings. The summed E-state index contributed by atoms with van der Waals surface area (Å²) in [5, 5.41) is 9.87. The van der Waals surface area contributed by atoms with Crippen molar-refractivity contribution in [3.8, 4) is 5.75 Å². The number of alkyl halides is 3. The first-order valence-corrected chi connectivity index (χ1v) is 9.03. The summed E-state index contributed by atoms with van der Waals surface area (Å²) in [6.45, 7) is -1.41. The lowest BCUT2D eigenvalue weighted by Crippen LogP contribution is -2.39. The van der Waals surface area contributed by atoms with Crippen molar-refractivity contribution in [2.45, 2.75) is 19.2 Å². The SMILES string of the molecule is Cn1cc(CCN(CC(F)(F)F)C(=O)O)c2c(OCc3ccccc3)cccc21. The molecule has 0 unspecified atom stereocenters. The molecule has 0 aliphatic heterocycles. The quantitative estimate of drug-likeness (QED) is 0.611. The fraction of sp³-hybridized carbons (Fsp3) is 0.286. The highest BCUT2D eigenvalue weighted by atomic mass is 19.4. The molecular formula is C21H21F3N2O3. The highest BCUT2D eigenvalue weighted by Crippen LogP contribution is 2.31. The maximum atomic E-state index is 12.6. The Bertz CT molecular complexity index is 984. The van der Waals surface area contributed by atoms with Crippen LogP contribution in [0.1, 0.15) is 11.1 Å². The van der Waals surface area contributed by atoms with Crippen LogP contribution in [0.5, 0.6) is 5.75 Å². The first kappa shape index (κ1) is 20.6. The van der Waals surface area contributed by atoms with E-state index in [0.717, 1.165) is 22.0 Å². The van der Waals surface area contributed by atoms with Gasteiger partial charge in [0.2, 0.25) is 0 Å². The maximum absolute atomic E-state index is 12.6. The molecule has 0 atom stereocenters. The number of benzene rings is 2. The van der Waals surface area contributed by atoms with Crippen molar-refractivity contribution < 1.29 is 27.8 Å². The smallest absolute Gasteiger partial charge is 0.407 e. The van der Waals surface area contributed by atoms with Gasteiger partial charge in [-0.3, -0.25) is 4.90 Å². The Kier molecular flexibility index (Phi) is 6.00. The van der Waals surface area contributed by atoms with Crippen LogP contribution in [0.25, 0.3) is 10.9 Å². The second-order valence-electron chi connectivity index (χ2n) is 6.76. The molecular weight excluding hydrogens is 385 g/mol. The van der Waals surface area contributed by atoms with Crippen molar-refractivity contribution in [3.63, 3.8) is 0 Å². The van der Waals surface area contributed by atoms with Gasteiger partial charge in [-0.25, -0.2) is 4.79 Å². The maximum Gasteiger partial charge on any atom is 0.407 e. The second kappa shape index (κ2) is 8.46. The summed E-state index contributed by atoms with van der Waals surface area (Å²) in [7, 11) is 1.83. The van der Waals surface area contributed by atoms with Crippen LogP contribution in [0.3, 0.4) is 0 Å². The molecule has 0 saturated heterocycles. The normalized spacial score (nSPS) is 11.6. The Labute approximate surface area is 165 Å². The molecule has 5 nitrogen and oxygen atoms in total. The van der Waals surface area contributed by atoms with E-state index >= 15 is 0 Å². The van der Waals surface area contributed by atoms with Crippen LogP contribution in [0.2, 0.25) is 0 Å². The number of nitrogens with zero attached hydrogens (tertiary/aromatic N) is 2. The molecule has 0 radical (unpaired) electrons. The van der Waals surface area contributed by atoms with Gasteiger partial charge in [0, 0.05) is 25.2 Å². The molecule has 0 aliphatic rings. The van der Waals surface area contributed by atoms with Crippen molar-refractivity contribution in [2.75, 3.05) is 13.1 Å². The summed E-state index contributed by atoms with van der Waals surface area (Å²) < 4.78 is 45.8. The Balaban J connectivity index is 1.83. The van der Waals surface area contributed by atoms with E-state index in [-0.39, 0.29) is 13.0 Å². The molecule has 1 N–H and O–H groups in total. The summed E-state index contributed by atoms with van der Waals surface area (Å²) in [4.78, 5) is 11.6. The van der Waals surface area contributed by atoms with Crippen LogP contribution in [-0.4, -0.2) is 39.9 Å². The number of aryl methyl sites for hydroxylation is 1. The minimum absolute atomic E-state index is 0.144. The third-order valence-corrected chi connectivity index (χ3v) is 4.58. The van der Waals surface area contributed by atoms with Crippen LogP contribution in [0.4, 0.5) is 18.0 Å². The number of carboxylic acid groups (broad SMARTS) is 1. The molecule has 0 bridgehead atoms. The number of fused-ring (bicyclic) bond motifs is 1. The van der Waals surface area contributed by atoms with Gasteiger partial charge in [-0.1, -0.05) is 36.4 Å². The summed E-state index contributed by atoms with van der Waals surface area (Å²) in [5.41, 5.74) is 2.59. The monoisotopic (exact) mass is 406 g/mol. The van der Waals surface area contributed by atoms with Gasteiger partial charge < -0.3 is 14.4 Å². The topological polar surface area (TPSA) is 54.7 Å². The molecule has 0 saturated carbocycles. The molecule has 29 heavy (non-hydrogen) atoms. The van der Waals surface area contributed by atoms with E-state index < -0.39 is 18.8 Å². The number of ether oxygens (including phenoxy) is 1. The molecule has 0 aliphatic carbocycles. The largest absolute Gasteiger partial charge is 0.488 e. The number of hydrogen-bond donors (Lipinski definition) is 1. The molecule has 0 spiro atoms. The van der Waals surface area contributed by atoms with Crippen LogP contribution in [0, 0.1) is 0 Å². The summed E-state index contributed by atoms with van der Waals surface area (Å²) in [6, 6.07) is 15.2. The number of aromatic nitrogens is 1. The van der Waals surface area contributed by atoms with Crippen molar-refractivity contribution in [3.05, 3.63) is 65.9 Å². The average Bonchev–Trinajstić information content (AvgIpc) is 3.00. The lowest BCUT2D eigenvalue weighted by molar-refractivity contribution is -0.141. The number of carbonyl (C=O) groups is 1. The Morgan fingerprint density at radius 2 is 1.86 bits per heavy atom. The van der Waals surface area contributed by atoms with Gasteiger partial charge in [0.15, 0.2) is 0 Å². The van der Waals surface area contributed by atoms with Gasteiger partial charge >= 0.3 is 12.3 Å². The molecule has 8 heteroatoms. The minimum Gasteiger partial charge on any atom is -0.488 e. The van der Waals surface area contributed by atoms with Gasteiger partial charge in [-0.15, -0.1) is 0 Å². The van der Waals surface area contributed by atoms with E-state index in [1.165, 1.54) is 0 Å². The second-order valence-corrected chi connectivity index (χ2v) is 6.76. The van der Waals surface area contributed by atoms with Gasteiger partial charge in [0.25, 0.3) is 0 Å². The summed E-state index contributed by atoms with van der Waals surface area (Å²) in [6.07, 6.45) is -4.23. The van der Waals surface area contributed by atoms with Crippen LogP contribution >= 0.6 is 0 Å². The molecule has 154 valence electrons. The van der Waals surface area contributed by atoms with Gasteiger partial charge in [0.1, 0.15) is 18.9 Å². The van der Waals surface area contributed by atoms with E-state index in [9.17, 15) is 18.0 Å². The lowest BCUT2D eigenvalue weighted by atomic mass is 10.1. The number of rotatable bonds is 7. The van der Waals surface area contributed by atoms with Crippen molar-refractivity contribution in [1.82, 2.24) is 9.47 Å². The van der Waals surface area contributed by atoms with Crippen LogP contribution < -0.4 is 4.74 Å². The van der Waals surface area contributed by atoms with E-state index in [4.69, 9.17) is 9.84 Å². The average molecular weight is 406 g/mol. The van der Waals surface area contributed by atoms with Crippen LogP contribution in [0.15, 0.2) is 54.7 Å². The standard InChI is InChI=1S/C21H21F3N2O3/c1-25-12-16(10-11-26(20(27)28)14-21(22,23)24)19-17(25)8-5-9-18(19)29-13-15-6-3-2-4-7-15/h2-9,12H,10-11,13-14H2,1H3,(H,27,28). The minimum atomic E-state index is -4.58. The zero-order chi connectivity index (χ0) is 21.0. The molecule has 1 amide bonds. The van der Waals surface area contributed by atoms with Crippen molar-refractivity contribution in [1.29, 1.82) is 0 Å². The Morgan fingerprint density at radius 1 is 1.14 bits per heavy atom. The number of halogens is 3. The van der Waals surface area contributed by atoms with Gasteiger partial charge in [-0.2, -0.15) is 13.2 Å². The third-order valence-electron chi connectivity index (χ3n) is 4.58. The molecule has 1 aromatic heterocycles. The zero-order valence-corrected chi connectivity index (χ0v) is 15.8. The molecule has 1 heterocycles. The van der Waals surface area contributed by atoms with E-state index in [0.29, 0.717) is 17.3 Å². The predicted octanol–water partition coefficient (Wildman–Crippen LogP) is 4.84. The van der Waals surface area contributed by atoms with Gasteiger partial charge in [0.05, 0.1) is 5.52 Å². The third kappa shape index (κ3) is 5.22. The molecule has 2 aromatic carbocycles. The highest BCUT2D eigenvalue weighted by molar-refractivity contribution is 5.90. The van der Waals surface area contributed by atoms with E-state index in [2.05, 4.69) is 0 Å². The zero-order valence-electron chi connectivity index (χ0n) is 15.8. The Hall–Kier alpha value is -3.16. The summed E-state index contributed by atoms with van der Waals surface area (Å²) >= 11 is 0. The van der Waals surface area contributed by atoms with E-state index in [1.807, 2.05) is 54.1 Å². The summed E-state index contributed by atoms with van der Waals surface area (Å²) in [5.74, 6) is 0.611. The number of hydrogen-bond acceptors (Lipinski definition) is 2. The lowest BCUT2D eigenvalue weighted by Gasteiger charge is -2.20. The first-order valence-electron chi connectivity index (χ1n) is 9.03. The van der Waals surface area contributed by atoms with E-state index in [1.54, 1.807) is 12.3 Å². The fourth-order valence-corrected chi connectivity index (χ4v) is 3.26. The van der Waals surface area contributed by atoms with Crippen molar-refractivity contribution in [2.24, 2.45) is 7.05 Å². The first-order chi connectivity index (χ1) is 13.7.